The summed E-state index contributed by atoms with van der Waals surface area (Å²) in [7, 11) is 0. The third-order valence-corrected chi connectivity index (χ3v) is 6.12. The molecule has 29 heavy (non-hydrogen) atoms. The fourth-order valence-corrected chi connectivity index (χ4v) is 4.56. The molecule has 1 unspecified atom stereocenters. The normalized spacial score (nSPS) is 18.4. The van der Waals surface area contributed by atoms with Gasteiger partial charge >= 0.3 is 0 Å². The van der Waals surface area contributed by atoms with E-state index in [-0.39, 0.29) is 11.3 Å². The van der Waals surface area contributed by atoms with E-state index >= 15 is 0 Å². The van der Waals surface area contributed by atoms with Crippen molar-refractivity contribution in [2.75, 3.05) is 4.90 Å². The van der Waals surface area contributed by atoms with Crippen molar-refractivity contribution in [2.24, 2.45) is 0 Å². The Morgan fingerprint density at radius 3 is 2.28 bits per heavy atom. The molecule has 1 amide bonds. The van der Waals surface area contributed by atoms with E-state index in [4.69, 9.17) is 0 Å². The number of aryl methyl sites for hydroxylation is 3. The molecule has 1 aromatic heterocycles. The number of hydrogen-bond acceptors (Lipinski definition) is 4. The molecule has 2 heterocycles. The van der Waals surface area contributed by atoms with E-state index in [1.807, 2.05) is 68.6 Å². The van der Waals surface area contributed by atoms with E-state index in [1.54, 1.807) is 12.1 Å². The molecule has 0 radical (unpaired) electrons. The van der Waals surface area contributed by atoms with E-state index < -0.39 is 17.7 Å². The molecule has 1 aliphatic heterocycles. The van der Waals surface area contributed by atoms with Crippen LogP contribution in [-0.2, 0) is 9.59 Å². The van der Waals surface area contributed by atoms with Gasteiger partial charge in [-0.15, -0.1) is 11.3 Å². The zero-order chi connectivity index (χ0) is 20.7. The highest BCUT2D eigenvalue weighted by Crippen LogP contribution is 2.44. The molecule has 1 fully saturated rings. The molecule has 4 rings (SSSR count). The largest absolute Gasteiger partial charge is 0.507 e. The summed E-state index contributed by atoms with van der Waals surface area (Å²) in [5.41, 5.74) is 4.36. The maximum Gasteiger partial charge on any atom is 0.300 e. The zero-order valence-electron chi connectivity index (χ0n) is 16.5. The van der Waals surface area contributed by atoms with Crippen LogP contribution in [0.1, 0.15) is 33.2 Å². The van der Waals surface area contributed by atoms with Gasteiger partial charge in [-0.25, -0.2) is 0 Å². The minimum Gasteiger partial charge on any atom is -0.507 e. The number of hydrogen-bond donors (Lipinski definition) is 1. The Balaban J connectivity index is 1.94. The molecule has 0 bridgehead atoms. The van der Waals surface area contributed by atoms with Gasteiger partial charge in [0.2, 0.25) is 0 Å². The van der Waals surface area contributed by atoms with Crippen molar-refractivity contribution in [3.63, 3.8) is 0 Å². The van der Waals surface area contributed by atoms with Crippen molar-refractivity contribution in [3.8, 4) is 0 Å². The molecule has 2 aromatic carbocycles. The molecule has 1 N–H and O–H groups in total. The van der Waals surface area contributed by atoms with Gasteiger partial charge in [0.15, 0.2) is 0 Å². The molecule has 1 saturated heterocycles. The van der Waals surface area contributed by atoms with Gasteiger partial charge in [-0.1, -0.05) is 53.6 Å². The highest BCUT2D eigenvalue weighted by molar-refractivity contribution is 7.10. The lowest BCUT2D eigenvalue weighted by atomic mass is 9.99. The van der Waals surface area contributed by atoms with Crippen LogP contribution in [0.2, 0.25) is 0 Å². The Bertz CT molecular complexity index is 1130. The van der Waals surface area contributed by atoms with Crippen LogP contribution in [0, 0.1) is 20.8 Å². The summed E-state index contributed by atoms with van der Waals surface area (Å²) in [6, 6.07) is 16.2. The van der Waals surface area contributed by atoms with Crippen molar-refractivity contribution in [1.82, 2.24) is 0 Å². The monoisotopic (exact) mass is 403 g/mol. The van der Waals surface area contributed by atoms with Crippen LogP contribution >= 0.6 is 11.3 Å². The van der Waals surface area contributed by atoms with E-state index in [2.05, 4.69) is 0 Å². The van der Waals surface area contributed by atoms with Crippen LogP contribution in [-0.4, -0.2) is 16.8 Å². The summed E-state index contributed by atoms with van der Waals surface area (Å²) in [6.07, 6.45) is 0. The first-order valence-corrected chi connectivity index (χ1v) is 10.2. The molecular weight excluding hydrogens is 382 g/mol. The Labute approximate surface area is 173 Å². The van der Waals surface area contributed by atoms with Crippen molar-refractivity contribution in [3.05, 3.63) is 92.7 Å². The summed E-state index contributed by atoms with van der Waals surface area (Å²) < 4.78 is 0. The summed E-state index contributed by atoms with van der Waals surface area (Å²) in [5.74, 6) is -1.43. The molecule has 0 spiro atoms. The predicted molar refractivity (Wildman–Crippen MR) is 116 cm³/mol. The molecule has 5 heteroatoms. The van der Waals surface area contributed by atoms with E-state index in [0.717, 1.165) is 21.6 Å². The molecular formula is C24H21NO3S. The number of anilines is 1. The van der Waals surface area contributed by atoms with Gasteiger partial charge in [0, 0.05) is 16.1 Å². The van der Waals surface area contributed by atoms with Gasteiger partial charge < -0.3 is 5.11 Å². The zero-order valence-corrected chi connectivity index (χ0v) is 17.3. The first kappa shape index (κ1) is 19.2. The minimum absolute atomic E-state index is 0.126. The summed E-state index contributed by atoms with van der Waals surface area (Å²) in [6.45, 7) is 5.86. The van der Waals surface area contributed by atoms with Crippen molar-refractivity contribution in [2.45, 2.75) is 26.8 Å². The van der Waals surface area contributed by atoms with Gasteiger partial charge in [0.25, 0.3) is 11.7 Å². The SMILES string of the molecule is Cc1ccc(/C(O)=C2/C(=O)C(=O)N(c3ccc(C)cc3C)C2c2cccs2)cc1. The highest BCUT2D eigenvalue weighted by Gasteiger charge is 2.47. The second kappa shape index (κ2) is 7.33. The smallest absolute Gasteiger partial charge is 0.300 e. The number of rotatable bonds is 3. The third-order valence-electron chi connectivity index (χ3n) is 5.19. The predicted octanol–water partition coefficient (Wildman–Crippen LogP) is 5.30. The molecule has 0 aliphatic carbocycles. The first-order valence-electron chi connectivity index (χ1n) is 9.37. The first-order chi connectivity index (χ1) is 13.9. The van der Waals surface area contributed by atoms with Crippen LogP contribution in [0.25, 0.3) is 5.76 Å². The number of carbonyl (C=O) groups excluding carboxylic acids is 2. The van der Waals surface area contributed by atoms with Gasteiger partial charge in [0.05, 0.1) is 5.57 Å². The molecule has 0 saturated carbocycles. The maximum atomic E-state index is 13.1. The summed E-state index contributed by atoms with van der Waals surface area (Å²) >= 11 is 1.46. The average Bonchev–Trinajstić information content (AvgIpc) is 3.30. The van der Waals surface area contributed by atoms with Gasteiger partial charge in [-0.2, -0.15) is 0 Å². The average molecular weight is 404 g/mol. The van der Waals surface area contributed by atoms with Gasteiger partial charge in [-0.3, -0.25) is 14.5 Å². The van der Waals surface area contributed by atoms with Crippen molar-refractivity contribution in [1.29, 1.82) is 0 Å². The number of carbonyl (C=O) groups is 2. The van der Waals surface area contributed by atoms with E-state index in [9.17, 15) is 14.7 Å². The summed E-state index contributed by atoms with van der Waals surface area (Å²) in [5, 5.41) is 12.9. The molecule has 1 aliphatic rings. The number of aliphatic hydroxyl groups excluding tert-OH is 1. The van der Waals surface area contributed by atoms with Crippen LogP contribution in [0.15, 0.2) is 65.6 Å². The Morgan fingerprint density at radius 1 is 0.966 bits per heavy atom. The number of thiophene rings is 1. The van der Waals surface area contributed by atoms with Crippen molar-refractivity contribution < 1.29 is 14.7 Å². The van der Waals surface area contributed by atoms with Crippen molar-refractivity contribution >= 4 is 34.5 Å². The summed E-state index contributed by atoms with van der Waals surface area (Å²) in [4.78, 5) is 28.5. The molecule has 146 valence electrons. The van der Waals surface area contributed by atoms with Crippen LogP contribution in [0.4, 0.5) is 5.69 Å². The Hall–Kier alpha value is -3.18. The Morgan fingerprint density at radius 2 is 1.66 bits per heavy atom. The van der Waals surface area contributed by atoms with Gasteiger partial charge in [0.1, 0.15) is 11.8 Å². The second-order valence-corrected chi connectivity index (χ2v) is 8.32. The number of Topliss-reactive ketones (excluding diaryl/α,β-unsaturated/α-hetero) is 1. The maximum absolute atomic E-state index is 13.1. The number of nitrogens with zero attached hydrogens (tertiary/aromatic N) is 1. The molecule has 4 nitrogen and oxygen atoms in total. The van der Waals surface area contributed by atoms with E-state index in [1.165, 1.54) is 16.2 Å². The second-order valence-electron chi connectivity index (χ2n) is 7.34. The number of benzene rings is 2. The van der Waals surface area contributed by atoms with Gasteiger partial charge in [-0.05, 0) is 43.8 Å². The lowest BCUT2D eigenvalue weighted by Crippen LogP contribution is -2.29. The van der Waals surface area contributed by atoms with Crippen LogP contribution < -0.4 is 4.90 Å². The number of ketones is 1. The van der Waals surface area contributed by atoms with Crippen LogP contribution in [0.5, 0.6) is 0 Å². The fourth-order valence-electron chi connectivity index (χ4n) is 3.74. The topological polar surface area (TPSA) is 57.6 Å². The van der Waals surface area contributed by atoms with Crippen LogP contribution in [0.3, 0.4) is 0 Å². The lowest BCUT2D eigenvalue weighted by Gasteiger charge is -2.26. The molecule has 1 atom stereocenters. The number of aliphatic hydroxyl groups is 1. The quantitative estimate of drug-likeness (QED) is 0.367. The minimum atomic E-state index is -0.665. The third kappa shape index (κ3) is 3.28. The number of amides is 1. The molecule has 3 aromatic rings. The Kier molecular flexibility index (Phi) is 4.84. The standard InChI is InChI=1S/C24H21NO3S/c1-14-6-9-17(10-7-14)22(26)20-21(19-5-4-12-29-19)25(24(28)23(20)27)18-11-8-15(2)13-16(18)3/h4-13,21,26H,1-3H3/b22-20-. The highest BCUT2D eigenvalue weighted by atomic mass is 32.1. The fraction of sp³-hybridized carbons (Fsp3) is 0.167. The van der Waals surface area contributed by atoms with E-state index in [0.29, 0.717) is 11.3 Å². The lowest BCUT2D eigenvalue weighted by molar-refractivity contribution is -0.132.